The van der Waals surface area contributed by atoms with Gasteiger partial charge in [0.1, 0.15) is 0 Å². The molecule has 0 aliphatic carbocycles. The lowest BCUT2D eigenvalue weighted by Gasteiger charge is -2.08. The van der Waals surface area contributed by atoms with Gasteiger partial charge in [-0.05, 0) is 29.5 Å². The number of carbonyl (C=O) groups is 1. The van der Waals surface area contributed by atoms with Crippen LogP contribution in [0.5, 0.6) is 0 Å². The highest BCUT2D eigenvalue weighted by molar-refractivity contribution is 5.99. The van der Waals surface area contributed by atoms with Crippen LogP contribution >= 0.6 is 0 Å². The second kappa shape index (κ2) is 5.15. The monoisotopic (exact) mass is 230 g/mol. The summed E-state index contributed by atoms with van der Waals surface area (Å²) in [7, 11) is 0. The number of benzene rings is 1. The van der Waals surface area contributed by atoms with Crippen molar-refractivity contribution < 1.29 is 4.79 Å². The first-order chi connectivity index (χ1) is 8.16. The Morgan fingerprint density at radius 1 is 1.35 bits per heavy atom. The molecule has 3 heteroatoms. The van der Waals surface area contributed by atoms with Gasteiger partial charge in [-0.15, -0.1) is 0 Å². The Balaban J connectivity index is 2.28. The van der Waals surface area contributed by atoms with Crippen LogP contribution in [0.2, 0.25) is 0 Å². The molecule has 3 nitrogen and oxygen atoms in total. The first kappa shape index (κ1) is 11.9. The van der Waals surface area contributed by atoms with Crippen LogP contribution in [0.1, 0.15) is 25.0 Å². The van der Waals surface area contributed by atoms with E-state index < -0.39 is 0 Å². The lowest BCUT2D eigenvalue weighted by molar-refractivity contribution is -0.116. The molecule has 0 bridgehead atoms. The van der Waals surface area contributed by atoms with Crippen LogP contribution in [0, 0.1) is 5.92 Å². The average molecular weight is 230 g/mol. The molecule has 0 saturated carbocycles. The zero-order valence-corrected chi connectivity index (χ0v) is 10.3. The van der Waals surface area contributed by atoms with Crippen LogP contribution in [0.4, 0.5) is 0 Å². The minimum absolute atomic E-state index is 0.0237. The SMILES string of the molecule is CC(C)Cc1ccccc1/C=C1\CNNC1=O. The molecule has 0 spiro atoms. The molecule has 17 heavy (non-hydrogen) atoms. The fourth-order valence-electron chi connectivity index (χ4n) is 1.99. The molecule has 0 radical (unpaired) electrons. The molecule has 1 aliphatic rings. The highest BCUT2D eigenvalue weighted by Crippen LogP contribution is 2.17. The molecule has 0 atom stereocenters. The Labute approximate surface area is 102 Å². The first-order valence-corrected chi connectivity index (χ1v) is 5.98. The number of hydrazine groups is 1. The van der Waals surface area contributed by atoms with E-state index in [0.717, 1.165) is 17.6 Å². The molecule has 1 saturated heterocycles. The van der Waals surface area contributed by atoms with Crippen LogP contribution in [0.25, 0.3) is 6.08 Å². The largest absolute Gasteiger partial charge is 0.287 e. The van der Waals surface area contributed by atoms with E-state index in [2.05, 4.69) is 36.8 Å². The summed E-state index contributed by atoms with van der Waals surface area (Å²) in [5, 5.41) is 0. The van der Waals surface area contributed by atoms with Crippen molar-refractivity contribution in [2.24, 2.45) is 5.92 Å². The van der Waals surface area contributed by atoms with E-state index in [1.807, 2.05) is 18.2 Å². The summed E-state index contributed by atoms with van der Waals surface area (Å²) in [4.78, 5) is 11.5. The number of carbonyl (C=O) groups excluding carboxylic acids is 1. The fraction of sp³-hybridized carbons (Fsp3) is 0.357. The van der Waals surface area contributed by atoms with Gasteiger partial charge in [0.15, 0.2) is 0 Å². The van der Waals surface area contributed by atoms with Gasteiger partial charge in [0, 0.05) is 12.1 Å². The summed E-state index contributed by atoms with van der Waals surface area (Å²) in [5.41, 5.74) is 8.67. The molecule has 90 valence electrons. The van der Waals surface area contributed by atoms with Gasteiger partial charge in [-0.2, -0.15) is 0 Å². The minimum atomic E-state index is -0.0237. The molecule has 1 aromatic rings. The van der Waals surface area contributed by atoms with Crippen LogP contribution in [-0.2, 0) is 11.2 Å². The van der Waals surface area contributed by atoms with Crippen molar-refractivity contribution in [3.63, 3.8) is 0 Å². The lowest BCUT2D eigenvalue weighted by atomic mass is 9.97. The van der Waals surface area contributed by atoms with E-state index >= 15 is 0 Å². The van der Waals surface area contributed by atoms with E-state index in [1.165, 1.54) is 5.56 Å². The third kappa shape index (κ3) is 2.94. The van der Waals surface area contributed by atoms with Crippen LogP contribution in [-0.4, -0.2) is 12.5 Å². The zero-order chi connectivity index (χ0) is 12.3. The number of hydrogen-bond donors (Lipinski definition) is 2. The van der Waals surface area contributed by atoms with E-state index in [0.29, 0.717) is 12.5 Å². The normalized spacial score (nSPS) is 17.8. The summed E-state index contributed by atoms with van der Waals surface area (Å²) in [6, 6.07) is 8.26. The Morgan fingerprint density at radius 2 is 2.12 bits per heavy atom. The molecular formula is C14H18N2O. The lowest BCUT2D eigenvalue weighted by Crippen LogP contribution is -2.25. The summed E-state index contributed by atoms with van der Waals surface area (Å²) in [6.45, 7) is 5.00. The van der Waals surface area contributed by atoms with Gasteiger partial charge in [-0.1, -0.05) is 38.1 Å². The maximum absolute atomic E-state index is 11.5. The quantitative estimate of drug-likeness (QED) is 0.779. The Morgan fingerprint density at radius 3 is 2.76 bits per heavy atom. The molecule has 1 amide bonds. The number of hydrogen-bond acceptors (Lipinski definition) is 2. The second-order valence-electron chi connectivity index (χ2n) is 4.77. The molecule has 0 aromatic heterocycles. The Kier molecular flexibility index (Phi) is 3.59. The van der Waals surface area contributed by atoms with Gasteiger partial charge < -0.3 is 0 Å². The molecule has 2 N–H and O–H groups in total. The Bertz CT molecular complexity index is 449. The van der Waals surface area contributed by atoms with Crippen molar-refractivity contribution in [3.8, 4) is 0 Å². The van der Waals surface area contributed by atoms with Gasteiger partial charge >= 0.3 is 0 Å². The fourth-order valence-corrected chi connectivity index (χ4v) is 1.99. The molecule has 1 heterocycles. The van der Waals surface area contributed by atoms with Crippen LogP contribution in [0.15, 0.2) is 29.8 Å². The minimum Gasteiger partial charge on any atom is -0.287 e. The predicted molar refractivity (Wildman–Crippen MR) is 69.1 cm³/mol. The highest BCUT2D eigenvalue weighted by Gasteiger charge is 2.15. The topological polar surface area (TPSA) is 41.1 Å². The van der Waals surface area contributed by atoms with Gasteiger partial charge in [0.05, 0.1) is 0 Å². The summed E-state index contributed by atoms with van der Waals surface area (Å²) < 4.78 is 0. The first-order valence-electron chi connectivity index (χ1n) is 5.98. The van der Waals surface area contributed by atoms with Crippen molar-refractivity contribution in [1.29, 1.82) is 0 Å². The average Bonchev–Trinajstić information content (AvgIpc) is 2.67. The van der Waals surface area contributed by atoms with E-state index in [1.54, 1.807) is 0 Å². The number of rotatable bonds is 3. The number of amides is 1. The standard InChI is InChI=1S/C14H18N2O/c1-10(2)7-11-5-3-4-6-12(11)8-13-9-15-16-14(13)17/h3-6,8,10,15H,7,9H2,1-2H3,(H,16,17)/b13-8+. The second-order valence-corrected chi connectivity index (χ2v) is 4.77. The zero-order valence-electron chi connectivity index (χ0n) is 10.3. The Hall–Kier alpha value is -1.61. The van der Waals surface area contributed by atoms with Crippen molar-refractivity contribution >= 4 is 12.0 Å². The maximum atomic E-state index is 11.5. The predicted octanol–water partition coefficient (Wildman–Crippen LogP) is 1.90. The molecule has 1 fully saturated rings. The summed E-state index contributed by atoms with van der Waals surface area (Å²) >= 11 is 0. The summed E-state index contributed by atoms with van der Waals surface area (Å²) in [6.07, 6.45) is 3.02. The van der Waals surface area contributed by atoms with Crippen LogP contribution in [0.3, 0.4) is 0 Å². The highest BCUT2D eigenvalue weighted by atomic mass is 16.2. The van der Waals surface area contributed by atoms with Gasteiger partial charge in [0.25, 0.3) is 5.91 Å². The molecule has 1 aliphatic heterocycles. The molecular weight excluding hydrogens is 212 g/mol. The van der Waals surface area contributed by atoms with E-state index in [-0.39, 0.29) is 5.91 Å². The van der Waals surface area contributed by atoms with Crippen molar-refractivity contribution in [2.45, 2.75) is 20.3 Å². The third-order valence-electron chi connectivity index (χ3n) is 2.79. The molecule has 0 unspecified atom stereocenters. The molecule has 2 rings (SSSR count). The third-order valence-corrected chi connectivity index (χ3v) is 2.79. The van der Waals surface area contributed by atoms with Crippen molar-refractivity contribution in [2.75, 3.05) is 6.54 Å². The van der Waals surface area contributed by atoms with Crippen LogP contribution < -0.4 is 10.9 Å². The van der Waals surface area contributed by atoms with Crippen molar-refractivity contribution in [3.05, 3.63) is 41.0 Å². The van der Waals surface area contributed by atoms with E-state index in [9.17, 15) is 4.79 Å². The number of nitrogens with one attached hydrogen (secondary N) is 2. The smallest absolute Gasteiger partial charge is 0.262 e. The van der Waals surface area contributed by atoms with Gasteiger partial charge in [-0.3, -0.25) is 10.2 Å². The van der Waals surface area contributed by atoms with Gasteiger partial charge in [0.2, 0.25) is 0 Å². The van der Waals surface area contributed by atoms with E-state index in [4.69, 9.17) is 0 Å². The summed E-state index contributed by atoms with van der Waals surface area (Å²) in [5.74, 6) is 0.592. The van der Waals surface area contributed by atoms with Crippen molar-refractivity contribution in [1.82, 2.24) is 10.9 Å². The maximum Gasteiger partial charge on any atom is 0.262 e. The molecule has 1 aromatic carbocycles. The van der Waals surface area contributed by atoms with Gasteiger partial charge in [-0.25, -0.2) is 5.43 Å².